The van der Waals surface area contributed by atoms with Crippen LogP contribution in [0.5, 0.6) is 0 Å². The number of H-pyrrole nitrogens is 1. The van der Waals surface area contributed by atoms with Gasteiger partial charge >= 0.3 is 5.69 Å². The van der Waals surface area contributed by atoms with E-state index in [0.29, 0.717) is 29.2 Å². The van der Waals surface area contributed by atoms with Gasteiger partial charge in [0.05, 0.1) is 22.9 Å². The third kappa shape index (κ3) is 5.04. The summed E-state index contributed by atoms with van der Waals surface area (Å²) in [4.78, 5) is 45.6. The van der Waals surface area contributed by atoms with Crippen molar-refractivity contribution >= 4 is 38.3 Å². The van der Waals surface area contributed by atoms with Crippen molar-refractivity contribution in [1.82, 2.24) is 14.5 Å². The van der Waals surface area contributed by atoms with Gasteiger partial charge in [-0.2, -0.15) is 0 Å². The van der Waals surface area contributed by atoms with E-state index in [4.69, 9.17) is 0 Å². The van der Waals surface area contributed by atoms with Gasteiger partial charge in [0.2, 0.25) is 10.0 Å². The number of carbonyl (C=O) groups is 1. The van der Waals surface area contributed by atoms with E-state index in [0.717, 1.165) is 19.1 Å². The van der Waals surface area contributed by atoms with Crippen LogP contribution in [-0.2, 0) is 16.6 Å². The van der Waals surface area contributed by atoms with Crippen molar-refractivity contribution in [2.24, 2.45) is 5.92 Å². The van der Waals surface area contributed by atoms with Crippen LogP contribution in [0.3, 0.4) is 0 Å². The molecule has 1 aromatic carbocycles. The number of nitrogens with one attached hydrogen (secondary N) is 3. The van der Waals surface area contributed by atoms with E-state index in [2.05, 4.69) is 20.0 Å². The third-order valence-corrected chi connectivity index (χ3v) is 6.14. The molecule has 1 fully saturated rings. The van der Waals surface area contributed by atoms with Crippen molar-refractivity contribution in [2.75, 3.05) is 16.3 Å². The van der Waals surface area contributed by atoms with Crippen LogP contribution in [0.4, 0.5) is 11.4 Å². The van der Waals surface area contributed by atoms with Gasteiger partial charge in [-0.05, 0) is 49.4 Å². The first-order valence-electron chi connectivity index (χ1n) is 11.0. The molecular weight excluding hydrogens is 458 g/mol. The molecule has 0 spiro atoms. The standard InChI is InChI=1S/C23H27N5O5S/c1-12(2)11-28-20-19(22(30)26-23(28)31)16(10-18(25-20)14-6-7-14)21(29)24-15-8-5-13(3)17(9-15)27-34(4,32)33/h5,8-10,12,14,27H,6-7,11H2,1-4H3,(H,24,29)(H,26,30,31). The average molecular weight is 486 g/mol. The molecule has 1 aliphatic carbocycles. The monoisotopic (exact) mass is 485 g/mol. The lowest BCUT2D eigenvalue weighted by atomic mass is 10.1. The van der Waals surface area contributed by atoms with E-state index >= 15 is 0 Å². The number of anilines is 2. The first-order valence-corrected chi connectivity index (χ1v) is 12.9. The number of pyridine rings is 1. The summed E-state index contributed by atoms with van der Waals surface area (Å²) in [6.07, 6.45) is 2.90. The number of hydrogen-bond acceptors (Lipinski definition) is 6. The number of benzene rings is 1. The van der Waals surface area contributed by atoms with Gasteiger partial charge in [0.1, 0.15) is 0 Å². The van der Waals surface area contributed by atoms with E-state index in [9.17, 15) is 22.8 Å². The van der Waals surface area contributed by atoms with Crippen molar-refractivity contribution in [1.29, 1.82) is 0 Å². The summed E-state index contributed by atoms with van der Waals surface area (Å²) in [5, 5.41) is 2.80. The number of amides is 1. The molecule has 0 bridgehead atoms. The van der Waals surface area contributed by atoms with Crippen molar-refractivity contribution in [3.8, 4) is 0 Å². The minimum Gasteiger partial charge on any atom is -0.322 e. The SMILES string of the molecule is Cc1ccc(NC(=O)c2cc(C3CC3)nc3c2c(=O)[nH]c(=O)n3CC(C)C)cc1NS(C)(=O)=O. The fourth-order valence-electron chi connectivity index (χ4n) is 3.80. The van der Waals surface area contributed by atoms with Crippen LogP contribution in [0.2, 0.25) is 0 Å². The maximum absolute atomic E-state index is 13.4. The number of fused-ring (bicyclic) bond motifs is 1. The number of aromatic amines is 1. The Morgan fingerprint density at radius 3 is 2.56 bits per heavy atom. The number of nitrogens with zero attached hydrogens (tertiary/aromatic N) is 2. The van der Waals surface area contributed by atoms with E-state index in [1.54, 1.807) is 25.1 Å². The van der Waals surface area contributed by atoms with Crippen LogP contribution in [0.25, 0.3) is 11.0 Å². The number of hydrogen-bond donors (Lipinski definition) is 3. The number of aromatic nitrogens is 3. The molecule has 0 atom stereocenters. The average Bonchev–Trinajstić information content (AvgIpc) is 3.57. The van der Waals surface area contributed by atoms with Crippen molar-refractivity contribution < 1.29 is 13.2 Å². The van der Waals surface area contributed by atoms with Gasteiger partial charge in [-0.15, -0.1) is 0 Å². The Balaban J connectivity index is 1.83. The highest BCUT2D eigenvalue weighted by molar-refractivity contribution is 7.92. The van der Waals surface area contributed by atoms with Gasteiger partial charge in [-0.1, -0.05) is 19.9 Å². The largest absolute Gasteiger partial charge is 0.330 e. The Labute approximate surface area is 196 Å². The number of sulfonamides is 1. The highest BCUT2D eigenvalue weighted by atomic mass is 32.2. The molecule has 3 N–H and O–H groups in total. The van der Waals surface area contributed by atoms with Gasteiger partial charge in [-0.3, -0.25) is 23.9 Å². The molecule has 10 nitrogen and oxygen atoms in total. The predicted octanol–water partition coefficient (Wildman–Crippen LogP) is 2.55. The van der Waals surface area contributed by atoms with Gasteiger partial charge < -0.3 is 5.32 Å². The summed E-state index contributed by atoms with van der Waals surface area (Å²) in [5.74, 6) is -0.254. The quantitative estimate of drug-likeness (QED) is 0.469. The molecule has 2 heterocycles. The van der Waals surface area contributed by atoms with Gasteiger partial charge in [0, 0.05) is 23.8 Å². The zero-order valence-electron chi connectivity index (χ0n) is 19.4. The first-order chi connectivity index (χ1) is 15.9. The fourth-order valence-corrected chi connectivity index (χ4v) is 4.42. The van der Waals surface area contributed by atoms with Gasteiger partial charge in [0.15, 0.2) is 5.65 Å². The van der Waals surface area contributed by atoms with E-state index in [1.165, 1.54) is 10.6 Å². The molecule has 3 aromatic rings. The molecule has 4 rings (SSSR count). The zero-order chi connectivity index (χ0) is 24.8. The van der Waals surface area contributed by atoms with Crippen LogP contribution in [0, 0.1) is 12.8 Å². The first kappa shape index (κ1) is 23.7. The Morgan fingerprint density at radius 2 is 1.94 bits per heavy atom. The topological polar surface area (TPSA) is 143 Å². The lowest BCUT2D eigenvalue weighted by Crippen LogP contribution is -2.33. The van der Waals surface area contributed by atoms with Crippen LogP contribution in [-0.4, -0.2) is 35.1 Å². The molecule has 1 aliphatic rings. The summed E-state index contributed by atoms with van der Waals surface area (Å²) in [7, 11) is -3.51. The molecule has 1 saturated carbocycles. The van der Waals surface area contributed by atoms with Crippen molar-refractivity contribution in [3.05, 3.63) is 61.9 Å². The Hall–Kier alpha value is -3.47. The highest BCUT2D eigenvalue weighted by Crippen LogP contribution is 2.40. The van der Waals surface area contributed by atoms with Crippen LogP contribution in [0.1, 0.15) is 54.2 Å². The summed E-state index contributed by atoms with van der Waals surface area (Å²) in [5.41, 5.74) is 1.11. The lowest BCUT2D eigenvalue weighted by Gasteiger charge is -2.15. The zero-order valence-corrected chi connectivity index (χ0v) is 20.2. The van der Waals surface area contributed by atoms with Gasteiger partial charge in [0.25, 0.3) is 11.5 Å². The molecule has 2 aromatic heterocycles. The summed E-state index contributed by atoms with van der Waals surface area (Å²) < 4.78 is 27.2. The molecule has 180 valence electrons. The molecule has 11 heteroatoms. The third-order valence-electron chi connectivity index (χ3n) is 5.55. The predicted molar refractivity (Wildman–Crippen MR) is 131 cm³/mol. The number of carbonyl (C=O) groups excluding carboxylic acids is 1. The maximum atomic E-state index is 13.4. The van der Waals surface area contributed by atoms with Crippen LogP contribution < -0.4 is 21.3 Å². The lowest BCUT2D eigenvalue weighted by molar-refractivity contribution is 0.102. The minimum atomic E-state index is -3.51. The highest BCUT2D eigenvalue weighted by Gasteiger charge is 2.29. The van der Waals surface area contributed by atoms with E-state index < -0.39 is 27.2 Å². The van der Waals surface area contributed by atoms with Crippen LogP contribution in [0.15, 0.2) is 33.9 Å². The number of rotatable bonds is 7. The molecule has 34 heavy (non-hydrogen) atoms. The summed E-state index contributed by atoms with van der Waals surface area (Å²) in [6, 6.07) is 6.44. The molecule has 1 amide bonds. The second-order valence-electron chi connectivity index (χ2n) is 9.19. The summed E-state index contributed by atoms with van der Waals surface area (Å²) in [6.45, 7) is 5.97. The number of aryl methyl sites for hydroxylation is 1. The van der Waals surface area contributed by atoms with Gasteiger partial charge in [-0.25, -0.2) is 18.2 Å². The maximum Gasteiger partial charge on any atom is 0.330 e. The minimum absolute atomic E-state index is 0.0451. The van der Waals surface area contributed by atoms with Crippen molar-refractivity contribution in [2.45, 2.75) is 46.1 Å². The molecular formula is C23H27N5O5S. The molecule has 0 radical (unpaired) electrons. The van der Waals surface area contributed by atoms with Crippen molar-refractivity contribution in [3.63, 3.8) is 0 Å². The Morgan fingerprint density at radius 1 is 1.24 bits per heavy atom. The van der Waals surface area contributed by atoms with E-state index in [1.807, 2.05) is 13.8 Å². The fraction of sp³-hybridized carbons (Fsp3) is 0.391. The molecule has 0 saturated heterocycles. The Kier molecular flexibility index (Phi) is 6.07. The van der Waals surface area contributed by atoms with E-state index in [-0.39, 0.29) is 28.4 Å². The van der Waals surface area contributed by atoms with Crippen LogP contribution >= 0.6 is 0 Å². The molecule has 0 unspecified atom stereocenters. The normalized spacial score (nSPS) is 13.9. The Bertz CT molecular complexity index is 1520. The second kappa shape index (κ2) is 8.71. The summed E-state index contributed by atoms with van der Waals surface area (Å²) >= 11 is 0. The molecule has 0 aliphatic heterocycles. The second-order valence-corrected chi connectivity index (χ2v) is 10.9. The smallest absolute Gasteiger partial charge is 0.322 e.